The average molecular weight is 390 g/mol. The molecule has 1 aromatic carbocycles. The molecule has 2 atom stereocenters. The molecule has 1 fully saturated rings. The molecule has 28 heavy (non-hydrogen) atoms. The minimum atomic E-state index is -0.582. The SMILES string of the molecule is CCOC(=O)N1CCC(n2c(=O)[nH]c3ccc([N+](=O)[O-])cc3c2=O)C(CC)C1. The van der Waals surface area contributed by atoms with E-state index in [9.17, 15) is 24.5 Å². The average Bonchev–Trinajstić information content (AvgIpc) is 2.68. The number of nitrogens with zero attached hydrogens (tertiary/aromatic N) is 3. The Morgan fingerprint density at radius 1 is 1.36 bits per heavy atom. The first-order valence-electron chi connectivity index (χ1n) is 9.22. The summed E-state index contributed by atoms with van der Waals surface area (Å²) in [5, 5.41) is 11.1. The summed E-state index contributed by atoms with van der Waals surface area (Å²) < 4.78 is 6.18. The van der Waals surface area contributed by atoms with E-state index < -0.39 is 28.3 Å². The van der Waals surface area contributed by atoms with Gasteiger partial charge in [-0.15, -0.1) is 0 Å². The molecule has 2 unspecified atom stereocenters. The molecule has 1 aliphatic rings. The van der Waals surface area contributed by atoms with Gasteiger partial charge in [-0.2, -0.15) is 0 Å². The molecule has 1 aliphatic heterocycles. The minimum Gasteiger partial charge on any atom is -0.450 e. The molecule has 0 aliphatic carbocycles. The number of piperidine rings is 1. The number of fused-ring (bicyclic) bond motifs is 1. The van der Waals surface area contributed by atoms with Gasteiger partial charge in [0.1, 0.15) is 0 Å². The van der Waals surface area contributed by atoms with Crippen LogP contribution in [0.25, 0.3) is 10.9 Å². The smallest absolute Gasteiger partial charge is 0.409 e. The number of aromatic nitrogens is 2. The zero-order chi connectivity index (χ0) is 20.4. The van der Waals surface area contributed by atoms with Crippen molar-refractivity contribution in [1.82, 2.24) is 14.5 Å². The summed E-state index contributed by atoms with van der Waals surface area (Å²) in [4.78, 5) is 52.3. The predicted molar refractivity (Wildman–Crippen MR) is 102 cm³/mol. The van der Waals surface area contributed by atoms with Crippen molar-refractivity contribution in [2.75, 3.05) is 19.7 Å². The van der Waals surface area contributed by atoms with Crippen LogP contribution in [0.4, 0.5) is 10.5 Å². The fraction of sp³-hybridized carbons (Fsp3) is 0.500. The van der Waals surface area contributed by atoms with Crippen LogP contribution in [-0.4, -0.2) is 45.2 Å². The van der Waals surface area contributed by atoms with E-state index in [1.165, 1.54) is 18.2 Å². The molecule has 2 heterocycles. The number of amides is 1. The van der Waals surface area contributed by atoms with Crippen LogP contribution < -0.4 is 11.2 Å². The van der Waals surface area contributed by atoms with Crippen molar-refractivity contribution >= 4 is 22.7 Å². The maximum atomic E-state index is 13.0. The number of aromatic amines is 1. The largest absolute Gasteiger partial charge is 0.450 e. The summed E-state index contributed by atoms with van der Waals surface area (Å²) in [7, 11) is 0. The van der Waals surface area contributed by atoms with Crippen LogP contribution in [0.1, 0.15) is 32.7 Å². The van der Waals surface area contributed by atoms with Gasteiger partial charge in [-0.1, -0.05) is 6.92 Å². The molecule has 1 saturated heterocycles. The van der Waals surface area contributed by atoms with Gasteiger partial charge in [0.2, 0.25) is 0 Å². The van der Waals surface area contributed by atoms with Crippen LogP contribution >= 0.6 is 0 Å². The number of carbonyl (C=O) groups excluding carboxylic acids is 1. The number of nitro benzene ring substituents is 1. The number of non-ortho nitro benzene ring substituents is 1. The maximum absolute atomic E-state index is 13.0. The number of H-pyrrole nitrogens is 1. The number of ether oxygens (including phenoxy) is 1. The first-order valence-corrected chi connectivity index (χ1v) is 9.22. The zero-order valence-electron chi connectivity index (χ0n) is 15.7. The number of carbonyl (C=O) groups is 1. The third-order valence-corrected chi connectivity index (χ3v) is 5.20. The highest BCUT2D eigenvalue weighted by Gasteiger charge is 2.34. The molecule has 3 rings (SSSR count). The van der Waals surface area contributed by atoms with Gasteiger partial charge in [0.15, 0.2) is 0 Å². The molecule has 0 spiro atoms. The van der Waals surface area contributed by atoms with Crippen molar-refractivity contribution in [3.8, 4) is 0 Å². The van der Waals surface area contributed by atoms with E-state index in [0.717, 1.165) is 4.57 Å². The summed E-state index contributed by atoms with van der Waals surface area (Å²) in [6, 6.07) is 3.38. The summed E-state index contributed by atoms with van der Waals surface area (Å²) in [6.07, 6.45) is 0.662. The van der Waals surface area contributed by atoms with E-state index in [4.69, 9.17) is 4.74 Å². The van der Waals surface area contributed by atoms with Crippen LogP contribution in [0.5, 0.6) is 0 Å². The predicted octanol–water partition coefficient (Wildman–Crippen LogP) is 2.03. The number of nitrogens with one attached hydrogen (secondary N) is 1. The highest BCUT2D eigenvalue weighted by Crippen LogP contribution is 2.29. The molecule has 10 heteroatoms. The second kappa shape index (κ2) is 7.83. The Labute approximate surface area is 159 Å². The van der Waals surface area contributed by atoms with Gasteiger partial charge in [-0.25, -0.2) is 9.59 Å². The highest BCUT2D eigenvalue weighted by atomic mass is 16.6. The van der Waals surface area contributed by atoms with E-state index in [1.807, 2.05) is 6.92 Å². The maximum Gasteiger partial charge on any atom is 0.409 e. The van der Waals surface area contributed by atoms with Gasteiger partial charge in [0, 0.05) is 31.3 Å². The molecule has 2 aromatic rings. The molecular weight excluding hydrogens is 368 g/mol. The summed E-state index contributed by atoms with van der Waals surface area (Å²) in [5.74, 6) is -0.117. The lowest BCUT2D eigenvalue weighted by molar-refractivity contribution is -0.384. The zero-order valence-corrected chi connectivity index (χ0v) is 15.7. The van der Waals surface area contributed by atoms with E-state index in [2.05, 4.69) is 4.98 Å². The first-order chi connectivity index (χ1) is 13.4. The fourth-order valence-electron chi connectivity index (χ4n) is 3.77. The third kappa shape index (κ3) is 3.49. The summed E-state index contributed by atoms with van der Waals surface area (Å²) in [5.41, 5.74) is -1.07. The fourth-order valence-corrected chi connectivity index (χ4v) is 3.77. The number of hydrogen-bond acceptors (Lipinski definition) is 6. The molecule has 0 radical (unpaired) electrons. The molecule has 1 amide bonds. The van der Waals surface area contributed by atoms with E-state index in [-0.39, 0.29) is 29.1 Å². The normalized spacial score (nSPS) is 19.6. The van der Waals surface area contributed by atoms with Crippen LogP contribution in [0.2, 0.25) is 0 Å². The Kier molecular flexibility index (Phi) is 5.48. The molecule has 0 bridgehead atoms. The van der Waals surface area contributed by atoms with Crippen molar-refractivity contribution in [2.45, 2.75) is 32.7 Å². The van der Waals surface area contributed by atoms with Crippen molar-refractivity contribution in [3.63, 3.8) is 0 Å². The Morgan fingerprint density at radius 2 is 2.11 bits per heavy atom. The molecular formula is C18H22N4O6. The van der Waals surface area contributed by atoms with Crippen LogP contribution in [-0.2, 0) is 4.74 Å². The number of rotatable bonds is 4. The molecule has 1 aromatic heterocycles. The first kappa shape index (κ1) is 19.6. The molecule has 0 saturated carbocycles. The standard InChI is InChI=1S/C18H22N4O6/c1-3-11-10-20(18(25)28-4-2)8-7-15(11)21-16(23)13-9-12(22(26)27)5-6-14(13)19-17(21)24/h5-6,9,11,15H,3-4,7-8,10H2,1-2H3,(H,19,24). The number of nitro groups is 1. The minimum absolute atomic E-state index is 0.0940. The van der Waals surface area contributed by atoms with Crippen molar-refractivity contribution in [1.29, 1.82) is 0 Å². The van der Waals surface area contributed by atoms with E-state index in [0.29, 0.717) is 25.9 Å². The van der Waals surface area contributed by atoms with Crippen molar-refractivity contribution < 1.29 is 14.5 Å². The quantitative estimate of drug-likeness (QED) is 0.628. The van der Waals surface area contributed by atoms with Gasteiger partial charge in [0.25, 0.3) is 11.2 Å². The summed E-state index contributed by atoms with van der Waals surface area (Å²) in [6.45, 7) is 4.67. The second-order valence-corrected chi connectivity index (χ2v) is 6.76. The van der Waals surface area contributed by atoms with E-state index >= 15 is 0 Å². The Balaban J connectivity index is 2.03. The lowest BCUT2D eigenvalue weighted by Crippen LogP contribution is -2.49. The van der Waals surface area contributed by atoms with E-state index in [1.54, 1.807) is 11.8 Å². The number of likely N-dealkylation sites (tertiary alicyclic amines) is 1. The van der Waals surface area contributed by atoms with Crippen molar-refractivity contribution in [3.05, 3.63) is 49.2 Å². The lowest BCUT2D eigenvalue weighted by atomic mass is 9.89. The molecule has 1 N–H and O–H groups in total. The number of benzene rings is 1. The third-order valence-electron chi connectivity index (χ3n) is 5.20. The number of hydrogen-bond donors (Lipinski definition) is 1. The van der Waals surface area contributed by atoms with Gasteiger partial charge in [-0.3, -0.25) is 19.5 Å². The van der Waals surface area contributed by atoms with Crippen LogP contribution in [0, 0.1) is 16.0 Å². The highest BCUT2D eigenvalue weighted by molar-refractivity contribution is 5.79. The Hall–Kier alpha value is -3.17. The van der Waals surface area contributed by atoms with Gasteiger partial charge in [0.05, 0.1) is 22.4 Å². The monoisotopic (exact) mass is 390 g/mol. The second-order valence-electron chi connectivity index (χ2n) is 6.76. The lowest BCUT2D eigenvalue weighted by Gasteiger charge is -2.38. The van der Waals surface area contributed by atoms with Gasteiger partial charge < -0.3 is 14.6 Å². The molecule has 150 valence electrons. The molecule has 10 nitrogen and oxygen atoms in total. The van der Waals surface area contributed by atoms with Crippen LogP contribution in [0.15, 0.2) is 27.8 Å². The Bertz CT molecular complexity index is 1030. The van der Waals surface area contributed by atoms with Gasteiger partial charge in [-0.05, 0) is 31.7 Å². The summed E-state index contributed by atoms with van der Waals surface area (Å²) >= 11 is 0. The van der Waals surface area contributed by atoms with Gasteiger partial charge >= 0.3 is 11.8 Å². The van der Waals surface area contributed by atoms with Crippen molar-refractivity contribution in [2.24, 2.45) is 5.92 Å². The van der Waals surface area contributed by atoms with Crippen LogP contribution in [0.3, 0.4) is 0 Å². The Morgan fingerprint density at radius 3 is 2.75 bits per heavy atom. The topological polar surface area (TPSA) is 128 Å².